The number of benzene rings is 2. The highest BCUT2D eigenvalue weighted by atomic mass is 16.5. The number of aliphatic hydroxyl groups excluding tert-OH is 1. The number of carbonyl (C=O) groups is 2. The van der Waals surface area contributed by atoms with Crippen molar-refractivity contribution in [2.24, 2.45) is 11.8 Å². The standard InChI is InChI=1S/C37H56N4O6/c1-26-22-41(27(2)25-42)36(43)33-21-31(39-37(44)38-30-14-17-32(45-5)18-15-30)16-19-34(33)47-28(3)11-9-10-20-46-35(26)24-40(4)23-29-12-7-6-8-13-29/h14-19,21,26-29,35,42H,6-13,20,22-25H2,1-5H3,(H2,38,39,44)/t26-,27+,28+,35+/m0/s1. The first-order valence-corrected chi connectivity index (χ1v) is 17.4. The van der Waals surface area contributed by atoms with Crippen LogP contribution in [-0.4, -0.2) is 92.1 Å². The molecular weight excluding hydrogens is 596 g/mol. The molecule has 1 fully saturated rings. The molecule has 3 amide bonds. The number of methoxy groups -OCH3 is 1. The van der Waals surface area contributed by atoms with Gasteiger partial charge >= 0.3 is 6.03 Å². The Kier molecular flexibility index (Phi) is 14.2. The number of nitrogens with one attached hydrogen (secondary N) is 2. The first-order valence-electron chi connectivity index (χ1n) is 17.4. The molecule has 0 saturated heterocycles. The summed E-state index contributed by atoms with van der Waals surface area (Å²) in [5, 5.41) is 15.9. The van der Waals surface area contributed by atoms with Crippen LogP contribution >= 0.6 is 0 Å². The van der Waals surface area contributed by atoms with E-state index in [-0.39, 0.29) is 30.6 Å². The van der Waals surface area contributed by atoms with Crippen molar-refractivity contribution in [3.63, 3.8) is 0 Å². The average molecular weight is 653 g/mol. The topological polar surface area (TPSA) is 113 Å². The second-order valence-corrected chi connectivity index (χ2v) is 13.5. The third kappa shape index (κ3) is 11.1. The normalized spacial score (nSPS) is 22.5. The highest BCUT2D eigenvalue weighted by molar-refractivity contribution is 6.02. The number of carbonyl (C=O) groups excluding carboxylic acids is 2. The van der Waals surface area contributed by atoms with Crippen LogP contribution in [0.3, 0.4) is 0 Å². The minimum atomic E-state index is -0.440. The van der Waals surface area contributed by atoms with Gasteiger partial charge in [0.05, 0.1) is 37.5 Å². The molecule has 2 aliphatic rings. The van der Waals surface area contributed by atoms with E-state index in [2.05, 4.69) is 29.5 Å². The van der Waals surface area contributed by atoms with Gasteiger partial charge in [-0.1, -0.05) is 26.2 Å². The fraction of sp³-hybridized carbons (Fsp3) is 0.622. The molecular formula is C37H56N4O6. The number of fused-ring (bicyclic) bond motifs is 1. The van der Waals surface area contributed by atoms with Crippen molar-refractivity contribution in [3.05, 3.63) is 48.0 Å². The lowest BCUT2D eigenvalue weighted by atomic mass is 9.89. The fourth-order valence-corrected chi connectivity index (χ4v) is 6.62. The Morgan fingerprint density at radius 1 is 1.00 bits per heavy atom. The summed E-state index contributed by atoms with van der Waals surface area (Å²) in [6.07, 6.45) is 9.08. The van der Waals surface area contributed by atoms with Gasteiger partial charge in [0.25, 0.3) is 5.91 Å². The van der Waals surface area contributed by atoms with Crippen LogP contribution in [0.2, 0.25) is 0 Å². The van der Waals surface area contributed by atoms with E-state index in [1.807, 2.05) is 13.8 Å². The zero-order valence-electron chi connectivity index (χ0n) is 29.0. The van der Waals surface area contributed by atoms with Crippen molar-refractivity contribution in [2.75, 3.05) is 57.6 Å². The van der Waals surface area contributed by atoms with Crippen LogP contribution in [0.25, 0.3) is 0 Å². The molecule has 4 rings (SSSR count). The van der Waals surface area contributed by atoms with Gasteiger partial charge in [0.15, 0.2) is 0 Å². The van der Waals surface area contributed by atoms with Crippen molar-refractivity contribution >= 4 is 23.3 Å². The zero-order valence-corrected chi connectivity index (χ0v) is 29.0. The monoisotopic (exact) mass is 652 g/mol. The van der Waals surface area contributed by atoms with E-state index in [1.54, 1.807) is 54.5 Å². The number of urea groups is 1. The number of amides is 3. The summed E-state index contributed by atoms with van der Waals surface area (Å²) in [5.41, 5.74) is 1.40. The van der Waals surface area contributed by atoms with E-state index in [1.165, 1.54) is 32.1 Å². The number of rotatable bonds is 9. The number of ether oxygens (including phenoxy) is 3. The quantitative estimate of drug-likeness (QED) is 0.278. The Bertz CT molecular complexity index is 1270. The Labute approximate surface area is 281 Å². The van der Waals surface area contributed by atoms with E-state index in [9.17, 15) is 14.7 Å². The summed E-state index contributed by atoms with van der Waals surface area (Å²) in [6, 6.07) is 11.3. The minimum Gasteiger partial charge on any atom is -0.497 e. The van der Waals surface area contributed by atoms with Crippen molar-refractivity contribution in [2.45, 2.75) is 90.4 Å². The predicted octanol–water partition coefficient (Wildman–Crippen LogP) is 6.65. The fourth-order valence-electron chi connectivity index (χ4n) is 6.62. The first-order chi connectivity index (χ1) is 22.7. The maximum atomic E-state index is 14.4. The number of hydrogen-bond acceptors (Lipinski definition) is 7. The molecule has 3 N–H and O–H groups in total. The summed E-state index contributed by atoms with van der Waals surface area (Å²) < 4.78 is 18.1. The molecule has 4 atom stereocenters. The Morgan fingerprint density at radius 3 is 2.38 bits per heavy atom. The molecule has 0 aromatic heterocycles. The largest absolute Gasteiger partial charge is 0.497 e. The summed E-state index contributed by atoms with van der Waals surface area (Å²) in [5.74, 6) is 1.64. The first kappa shape index (κ1) is 36.5. The number of hydrogen-bond donors (Lipinski definition) is 3. The van der Waals surface area contributed by atoms with Gasteiger partial charge in [-0.05, 0) is 101 Å². The summed E-state index contributed by atoms with van der Waals surface area (Å²) in [6.45, 7) is 8.74. The molecule has 1 aliphatic heterocycles. The van der Waals surface area contributed by atoms with Crippen molar-refractivity contribution < 1.29 is 28.9 Å². The Balaban J connectivity index is 1.55. The lowest BCUT2D eigenvalue weighted by molar-refractivity contribution is -0.0190. The third-order valence-electron chi connectivity index (χ3n) is 9.44. The molecule has 0 bridgehead atoms. The molecule has 10 heteroatoms. The number of nitrogens with zero attached hydrogens (tertiary/aromatic N) is 2. The smallest absolute Gasteiger partial charge is 0.323 e. The average Bonchev–Trinajstić information content (AvgIpc) is 3.06. The van der Waals surface area contributed by atoms with E-state index < -0.39 is 12.1 Å². The van der Waals surface area contributed by atoms with Gasteiger partial charge in [0.1, 0.15) is 11.5 Å². The van der Waals surface area contributed by atoms with Gasteiger partial charge in [0, 0.05) is 43.5 Å². The van der Waals surface area contributed by atoms with Crippen molar-refractivity contribution in [3.8, 4) is 11.5 Å². The van der Waals surface area contributed by atoms with Crippen LogP contribution in [0, 0.1) is 11.8 Å². The highest BCUT2D eigenvalue weighted by Crippen LogP contribution is 2.29. The predicted molar refractivity (Wildman–Crippen MR) is 187 cm³/mol. The van der Waals surface area contributed by atoms with Gasteiger partial charge in [-0.15, -0.1) is 0 Å². The van der Waals surface area contributed by atoms with Crippen LogP contribution in [0.15, 0.2) is 42.5 Å². The van der Waals surface area contributed by atoms with Crippen LogP contribution in [0.4, 0.5) is 16.2 Å². The minimum absolute atomic E-state index is 0.0181. The SMILES string of the molecule is COc1ccc(NC(=O)Nc2ccc3c(c2)C(=O)N([C@H](C)CO)C[C@H](C)[C@@H](CN(C)CC2CCCCC2)OCCCC[C@@H](C)O3)cc1. The third-order valence-corrected chi connectivity index (χ3v) is 9.44. The van der Waals surface area contributed by atoms with E-state index in [0.29, 0.717) is 41.6 Å². The summed E-state index contributed by atoms with van der Waals surface area (Å²) in [4.78, 5) is 31.4. The summed E-state index contributed by atoms with van der Waals surface area (Å²) >= 11 is 0. The van der Waals surface area contributed by atoms with Crippen LogP contribution < -0.4 is 20.1 Å². The number of likely N-dealkylation sites (N-methyl/N-ethyl adjacent to an activating group) is 1. The molecule has 10 nitrogen and oxygen atoms in total. The molecule has 1 heterocycles. The molecule has 1 saturated carbocycles. The molecule has 0 unspecified atom stereocenters. The van der Waals surface area contributed by atoms with E-state index >= 15 is 0 Å². The number of anilines is 2. The second kappa shape index (κ2) is 18.3. The van der Waals surface area contributed by atoms with Crippen molar-refractivity contribution in [1.29, 1.82) is 0 Å². The molecule has 1 aliphatic carbocycles. The zero-order chi connectivity index (χ0) is 33.8. The molecule has 2 aromatic rings. The van der Waals surface area contributed by atoms with Gasteiger partial charge in [0.2, 0.25) is 0 Å². The van der Waals surface area contributed by atoms with Gasteiger partial charge in [-0.2, -0.15) is 0 Å². The molecule has 0 spiro atoms. The second-order valence-electron chi connectivity index (χ2n) is 13.5. The van der Waals surface area contributed by atoms with Gasteiger partial charge in [-0.3, -0.25) is 4.79 Å². The van der Waals surface area contributed by atoms with Gasteiger partial charge in [-0.25, -0.2) is 4.79 Å². The van der Waals surface area contributed by atoms with Crippen LogP contribution in [0.1, 0.15) is 82.5 Å². The number of aliphatic hydroxyl groups is 1. The van der Waals surface area contributed by atoms with E-state index in [0.717, 1.165) is 38.3 Å². The summed E-state index contributed by atoms with van der Waals surface area (Å²) in [7, 11) is 3.77. The maximum Gasteiger partial charge on any atom is 0.323 e. The Morgan fingerprint density at radius 2 is 1.68 bits per heavy atom. The molecule has 0 radical (unpaired) electrons. The van der Waals surface area contributed by atoms with Crippen LogP contribution in [-0.2, 0) is 4.74 Å². The van der Waals surface area contributed by atoms with Crippen LogP contribution in [0.5, 0.6) is 11.5 Å². The lowest BCUT2D eigenvalue weighted by Gasteiger charge is -2.36. The lowest BCUT2D eigenvalue weighted by Crippen LogP contribution is -2.47. The van der Waals surface area contributed by atoms with Crippen molar-refractivity contribution in [1.82, 2.24) is 9.80 Å². The highest BCUT2D eigenvalue weighted by Gasteiger charge is 2.31. The van der Waals surface area contributed by atoms with E-state index in [4.69, 9.17) is 14.2 Å². The maximum absolute atomic E-state index is 14.4. The molecule has 47 heavy (non-hydrogen) atoms. The Hall–Kier alpha value is -3.34. The van der Waals surface area contributed by atoms with Gasteiger partial charge < -0.3 is 39.8 Å². The molecule has 260 valence electrons. The molecule has 2 aromatic carbocycles.